The van der Waals surface area contributed by atoms with Gasteiger partial charge in [0.15, 0.2) is 5.75 Å². The molecule has 0 aromatic heterocycles. The van der Waals surface area contributed by atoms with Crippen LogP contribution in [0.3, 0.4) is 0 Å². The molecule has 1 aromatic carbocycles. The lowest BCUT2D eigenvalue weighted by molar-refractivity contribution is -0.138. The molecule has 0 atom stereocenters. The number of benzene rings is 1. The molecule has 1 aromatic rings. The molecule has 4 N–H and O–H groups in total. The molecule has 0 spiro atoms. The second-order valence-corrected chi connectivity index (χ2v) is 7.51. The first-order valence-corrected chi connectivity index (χ1v) is 7.00. The Balaban J connectivity index is 3.28. The van der Waals surface area contributed by atoms with Crippen LogP contribution in [0.5, 0.6) is 5.75 Å². The van der Waals surface area contributed by atoms with Crippen LogP contribution in [0.4, 0.5) is 24.5 Å². The Bertz CT molecular complexity index is 601. The van der Waals surface area contributed by atoms with Gasteiger partial charge in [-0.1, -0.05) is 58.0 Å². The third-order valence-corrected chi connectivity index (χ3v) is 4.65. The van der Waals surface area contributed by atoms with Gasteiger partial charge in [-0.25, -0.2) is 4.79 Å². The van der Waals surface area contributed by atoms with Crippen LogP contribution < -0.4 is 16.2 Å². The van der Waals surface area contributed by atoms with Gasteiger partial charge in [-0.3, -0.25) is 0 Å². The predicted octanol–water partition coefficient (Wildman–Crippen LogP) is 4.32. The molecular weight excluding hydrogens is 414 g/mol. The molecule has 12 heteroatoms. The summed E-state index contributed by atoms with van der Waals surface area (Å²) in [6, 6.07) is 1.45. The standard InChI is InChI=1S/C10H6Cl5F3N2O2/c11-8(12,10(13,14)15)7(21)22-6-4(19)2-1-3(5(6)20)9(16,17)18/h1-2H,19-20H2. The third kappa shape index (κ3) is 3.89. The number of hydrogen-bond donors (Lipinski definition) is 2. The van der Waals surface area contributed by atoms with E-state index in [2.05, 4.69) is 4.74 Å². The summed E-state index contributed by atoms with van der Waals surface area (Å²) in [5.74, 6) is -2.35. The maximum atomic E-state index is 12.7. The molecule has 4 nitrogen and oxygen atoms in total. The van der Waals surface area contributed by atoms with Gasteiger partial charge in [0.1, 0.15) is 0 Å². The van der Waals surface area contributed by atoms with Gasteiger partial charge in [0.05, 0.1) is 16.9 Å². The van der Waals surface area contributed by atoms with Crippen molar-refractivity contribution in [1.29, 1.82) is 0 Å². The molecule has 0 saturated heterocycles. The Labute approximate surface area is 147 Å². The van der Waals surface area contributed by atoms with E-state index in [1.54, 1.807) is 0 Å². The van der Waals surface area contributed by atoms with Gasteiger partial charge in [0.25, 0.3) is 4.33 Å². The van der Waals surface area contributed by atoms with Gasteiger partial charge >= 0.3 is 12.1 Å². The first-order chi connectivity index (χ1) is 9.69. The lowest BCUT2D eigenvalue weighted by Gasteiger charge is -2.25. The molecule has 0 aliphatic carbocycles. The van der Waals surface area contributed by atoms with Crippen molar-refractivity contribution in [2.45, 2.75) is 14.3 Å². The van der Waals surface area contributed by atoms with E-state index in [1.807, 2.05) is 0 Å². The number of anilines is 2. The highest BCUT2D eigenvalue weighted by atomic mass is 35.6. The zero-order chi connectivity index (χ0) is 17.5. The first kappa shape index (κ1) is 19.6. The van der Waals surface area contributed by atoms with Gasteiger partial charge in [-0.15, -0.1) is 0 Å². The van der Waals surface area contributed by atoms with E-state index in [0.29, 0.717) is 6.07 Å². The highest BCUT2D eigenvalue weighted by Crippen LogP contribution is 2.48. The highest BCUT2D eigenvalue weighted by Gasteiger charge is 2.54. The van der Waals surface area contributed by atoms with Crippen LogP contribution in [-0.2, 0) is 11.0 Å². The molecule has 0 aliphatic heterocycles. The van der Waals surface area contributed by atoms with E-state index < -0.39 is 37.3 Å². The van der Waals surface area contributed by atoms with Crippen molar-refractivity contribution in [1.82, 2.24) is 0 Å². The topological polar surface area (TPSA) is 78.3 Å². The number of carbonyl (C=O) groups excluding carboxylic acids is 1. The number of nitrogens with two attached hydrogens (primary N) is 2. The Kier molecular flexibility index (Phi) is 5.52. The van der Waals surface area contributed by atoms with Crippen molar-refractivity contribution in [2.75, 3.05) is 11.5 Å². The highest BCUT2D eigenvalue weighted by molar-refractivity contribution is 6.79. The average Bonchev–Trinajstić information content (AvgIpc) is 2.30. The largest absolute Gasteiger partial charge is 0.420 e. The van der Waals surface area contributed by atoms with Crippen LogP contribution in [0.1, 0.15) is 5.56 Å². The summed E-state index contributed by atoms with van der Waals surface area (Å²) < 4.78 is 37.6. The first-order valence-electron chi connectivity index (χ1n) is 5.11. The smallest absolute Gasteiger partial charge is 0.418 e. The molecule has 22 heavy (non-hydrogen) atoms. The second kappa shape index (κ2) is 6.20. The number of rotatable bonds is 2. The molecule has 0 bridgehead atoms. The van der Waals surface area contributed by atoms with E-state index in [1.165, 1.54) is 0 Å². The van der Waals surface area contributed by atoms with Crippen molar-refractivity contribution < 1.29 is 22.7 Å². The number of esters is 1. The quantitative estimate of drug-likeness (QED) is 0.323. The van der Waals surface area contributed by atoms with Crippen molar-refractivity contribution in [3.05, 3.63) is 17.7 Å². The summed E-state index contributed by atoms with van der Waals surface area (Å²) in [5, 5.41) is 0. The molecule has 124 valence electrons. The minimum atomic E-state index is -4.80. The molecule has 1 rings (SSSR count). The molecule has 0 amide bonds. The summed E-state index contributed by atoms with van der Waals surface area (Å²) in [5.41, 5.74) is 8.16. The van der Waals surface area contributed by atoms with E-state index >= 15 is 0 Å². The van der Waals surface area contributed by atoms with Crippen LogP contribution in [0.15, 0.2) is 12.1 Å². The fraction of sp³-hybridized carbons (Fsp3) is 0.300. The zero-order valence-corrected chi connectivity index (χ0v) is 13.9. The molecule has 0 saturated carbocycles. The maximum Gasteiger partial charge on any atom is 0.418 e. The fourth-order valence-electron chi connectivity index (χ4n) is 1.25. The van der Waals surface area contributed by atoms with Crippen LogP contribution in [0.25, 0.3) is 0 Å². The lowest BCUT2D eigenvalue weighted by Crippen LogP contribution is -2.42. The van der Waals surface area contributed by atoms with Gasteiger partial charge in [-0.2, -0.15) is 13.2 Å². The molecule has 0 unspecified atom stereocenters. The predicted molar refractivity (Wildman–Crippen MR) is 80.6 cm³/mol. The van der Waals surface area contributed by atoms with E-state index in [0.717, 1.165) is 6.07 Å². The molecule has 0 heterocycles. The number of alkyl halides is 8. The minimum Gasteiger partial charge on any atom is -0.420 e. The molecule has 0 fully saturated rings. The molecule has 0 aliphatic rings. The summed E-state index contributed by atoms with van der Waals surface area (Å²) in [6.07, 6.45) is -4.80. The number of hydrogen-bond acceptors (Lipinski definition) is 4. The summed E-state index contributed by atoms with van der Waals surface area (Å²) in [6.45, 7) is 0. The van der Waals surface area contributed by atoms with Crippen molar-refractivity contribution in [3.63, 3.8) is 0 Å². The Hall–Kier alpha value is -0.470. The lowest BCUT2D eigenvalue weighted by atomic mass is 10.1. The van der Waals surface area contributed by atoms with Gasteiger partial charge in [0.2, 0.25) is 3.79 Å². The Morgan fingerprint density at radius 3 is 1.95 bits per heavy atom. The number of ether oxygens (including phenoxy) is 1. The number of carbonyl (C=O) groups is 1. The van der Waals surface area contributed by atoms with Crippen molar-refractivity contribution >= 4 is 75.3 Å². The summed E-state index contributed by atoms with van der Waals surface area (Å²) in [4.78, 5) is 11.8. The molecular formula is C10H6Cl5F3N2O2. The summed E-state index contributed by atoms with van der Waals surface area (Å²) in [7, 11) is 0. The molecule has 0 radical (unpaired) electrons. The van der Waals surface area contributed by atoms with Crippen LogP contribution in [-0.4, -0.2) is 14.1 Å². The van der Waals surface area contributed by atoms with E-state index in [9.17, 15) is 18.0 Å². The zero-order valence-electron chi connectivity index (χ0n) is 10.1. The van der Waals surface area contributed by atoms with Crippen molar-refractivity contribution in [2.24, 2.45) is 0 Å². The van der Waals surface area contributed by atoms with Gasteiger partial charge in [-0.05, 0) is 12.1 Å². The second-order valence-electron chi connectivity index (χ2n) is 3.90. The number of nitrogen functional groups attached to an aromatic ring is 2. The average molecular weight is 420 g/mol. The van der Waals surface area contributed by atoms with Gasteiger partial charge < -0.3 is 16.2 Å². The van der Waals surface area contributed by atoms with E-state index in [-0.39, 0.29) is 5.69 Å². The SMILES string of the molecule is Nc1ccc(C(F)(F)F)c(N)c1OC(=O)C(Cl)(Cl)C(Cl)(Cl)Cl. The normalized spacial score (nSPS) is 13.1. The van der Waals surface area contributed by atoms with E-state index in [4.69, 9.17) is 69.5 Å². The van der Waals surface area contributed by atoms with Gasteiger partial charge in [0, 0.05) is 0 Å². The summed E-state index contributed by atoms with van der Waals surface area (Å²) >= 11 is 27.3. The van der Waals surface area contributed by atoms with Crippen LogP contribution in [0, 0.1) is 0 Å². The minimum absolute atomic E-state index is 0.368. The van der Waals surface area contributed by atoms with Crippen LogP contribution in [0.2, 0.25) is 0 Å². The Morgan fingerprint density at radius 2 is 1.55 bits per heavy atom. The third-order valence-electron chi connectivity index (χ3n) is 2.34. The number of halogens is 8. The monoisotopic (exact) mass is 418 g/mol. The fourth-order valence-corrected chi connectivity index (χ4v) is 1.56. The van der Waals surface area contributed by atoms with Crippen molar-refractivity contribution in [3.8, 4) is 5.75 Å². The Morgan fingerprint density at radius 1 is 1.05 bits per heavy atom. The van der Waals surface area contributed by atoms with Crippen LogP contribution >= 0.6 is 58.0 Å². The maximum absolute atomic E-state index is 12.7.